The van der Waals surface area contributed by atoms with Crippen molar-refractivity contribution < 1.29 is 9.59 Å². The third-order valence-corrected chi connectivity index (χ3v) is 4.07. The van der Waals surface area contributed by atoms with E-state index in [1.807, 2.05) is 0 Å². The Morgan fingerprint density at radius 2 is 1.75 bits per heavy atom. The van der Waals surface area contributed by atoms with Crippen LogP contribution in [0.5, 0.6) is 0 Å². The van der Waals surface area contributed by atoms with Crippen LogP contribution >= 0.6 is 0 Å². The lowest BCUT2D eigenvalue weighted by Crippen LogP contribution is -2.24. The molecule has 1 aromatic heterocycles. The lowest BCUT2D eigenvalue weighted by atomic mass is 10.1. The molecule has 0 radical (unpaired) electrons. The van der Waals surface area contributed by atoms with Crippen LogP contribution in [0, 0.1) is 0 Å². The van der Waals surface area contributed by atoms with Crippen molar-refractivity contribution in [3.8, 4) is 0 Å². The highest BCUT2D eigenvalue weighted by Crippen LogP contribution is 2.23. The van der Waals surface area contributed by atoms with E-state index in [2.05, 4.69) is 20.5 Å². The molecule has 0 atom stereocenters. The molecule has 1 saturated heterocycles. The molecule has 0 bridgehead atoms. The minimum atomic E-state index is -0.197. The number of aromatic nitrogens is 1. The number of nitrogens with one attached hydrogen (secondary N) is 2. The minimum absolute atomic E-state index is 0.156. The molecule has 2 aromatic rings. The summed E-state index contributed by atoms with van der Waals surface area (Å²) in [5.74, 6) is 0.378. The van der Waals surface area contributed by atoms with E-state index >= 15 is 0 Å². The third-order valence-electron chi connectivity index (χ3n) is 4.07. The predicted octanol–water partition coefficient (Wildman–Crippen LogP) is 2.29. The Morgan fingerprint density at radius 3 is 2.42 bits per heavy atom. The second-order valence-corrected chi connectivity index (χ2v) is 5.68. The Labute approximate surface area is 140 Å². The minimum Gasteiger partial charge on any atom is -0.356 e. The van der Waals surface area contributed by atoms with Crippen LogP contribution in [0.3, 0.4) is 0 Å². The summed E-state index contributed by atoms with van der Waals surface area (Å²) in [6.07, 6.45) is 3.96. The third kappa shape index (κ3) is 3.37. The number of amides is 2. The standard InChI is InChI=1S/C18H20N4O2/c1-19-17(23)13-6-8-14(9-7-13)21-18(24)15-5-4-10-20-16(15)22-11-2-3-12-22/h4-10H,2-3,11-12H2,1H3,(H,19,23)(H,21,24). The number of rotatable bonds is 4. The molecule has 1 fully saturated rings. The highest BCUT2D eigenvalue weighted by molar-refractivity contribution is 6.07. The van der Waals surface area contributed by atoms with Crippen LogP contribution in [0.2, 0.25) is 0 Å². The Bertz CT molecular complexity index is 737. The second-order valence-electron chi connectivity index (χ2n) is 5.68. The summed E-state index contributed by atoms with van der Waals surface area (Å²) in [5.41, 5.74) is 1.76. The van der Waals surface area contributed by atoms with Crippen LogP contribution in [0.15, 0.2) is 42.6 Å². The first-order valence-electron chi connectivity index (χ1n) is 8.02. The fourth-order valence-electron chi connectivity index (χ4n) is 2.80. The van der Waals surface area contributed by atoms with E-state index < -0.39 is 0 Å². The fraction of sp³-hybridized carbons (Fsp3) is 0.278. The van der Waals surface area contributed by atoms with Gasteiger partial charge in [-0.1, -0.05) is 0 Å². The van der Waals surface area contributed by atoms with Crippen LogP contribution in [0.4, 0.5) is 11.5 Å². The zero-order chi connectivity index (χ0) is 16.9. The molecule has 1 aromatic carbocycles. The van der Waals surface area contributed by atoms with Gasteiger partial charge in [0.1, 0.15) is 5.82 Å². The number of carbonyl (C=O) groups is 2. The Morgan fingerprint density at radius 1 is 1.04 bits per heavy atom. The van der Waals surface area contributed by atoms with Gasteiger partial charge in [0.2, 0.25) is 0 Å². The van der Waals surface area contributed by atoms with E-state index in [-0.39, 0.29) is 11.8 Å². The average molecular weight is 324 g/mol. The van der Waals surface area contributed by atoms with Crippen LogP contribution in [-0.4, -0.2) is 36.9 Å². The maximum atomic E-state index is 12.6. The highest BCUT2D eigenvalue weighted by atomic mass is 16.2. The largest absolute Gasteiger partial charge is 0.356 e. The predicted molar refractivity (Wildman–Crippen MR) is 93.5 cm³/mol. The summed E-state index contributed by atoms with van der Waals surface area (Å²) in [4.78, 5) is 30.7. The number of anilines is 2. The molecule has 2 amide bonds. The van der Waals surface area contributed by atoms with Gasteiger partial charge in [-0.2, -0.15) is 0 Å². The number of pyridine rings is 1. The first-order chi connectivity index (χ1) is 11.7. The van der Waals surface area contributed by atoms with Crippen LogP contribution in [0.1, 0.15) is 33.6 Å². The van der Waals surface area contributed by atoms with Gasteiger partial charge in [-0.25, -0.2) is 4.98 Å². The fourth-order valence-corrected chi connectivity index (χ4v) is 2.80. The molecular weight excluding hydrogens is 304 g/mol. The quantitative estimate of drug-likeness (QED) is 0.905. The molecule has 6 nitrogen and oxygen atoms in total. The van der Waals surface area contributed by atoms with Crippen molar-refractivity contribution >= 4 is 23.3 Å². The molecule has 6 heteroatoms. The van der Waals surface area contributed by atoms with Crippen molar-refractivity contribution in [2.45, 2.75) is 12.8 Å². The molecule has 124 valence electrons. The molecular formula is C18H20N4O2. The lowest BCUT2D eigenvalue weighted by molar-refractivity contribution is 0.0962. The summed E-state index contributed by atoms with van der Waals surface area (Å²) in [5, 5.41) is 5.43. The average Bonchev–Trinajstić information content (AvgIpc) is 3.16. The summed E-state index contributed by atoms with van der Waals surface area (Å²) in [6.45, 7) is 1.86. The Hall–Kier alpha value is -2.89. The van der Waals surface area contributed by atoms with Gasteiger partial charge in [-0.3, -0.25) is 9.59 Å². The molecule has 0 spiro atoms. The van der Waals surface area contributed by atoms with Gasteiger partial charge in [0.15, 0.2) is 0 Å². The first-order valence-corrected chi connectivity index (χ1v) is 8.02. The van der Waals surface area contributed by atoms with Crippen molar-refractivity contribution in [2.24, 2.45) is 0 Å². The topological polar surface area (TPSA) is 74.3 Å². The zero-order valence-corrected chi connectivity index (χ0v) is 13.6. The number of hydrogen-bond acceptors (Lipinski definition) is 4. The van der Waals surface area contributed by atoms with E-state index in [4.69, 9.17) is 0 Å². The molecule has 3 rings (SSSR count). The van der Waals surface area contributed by atoms with Crippen LogP contribution in [-0.2, 0) is 0 Å². The summed E-state index contributed by atoms with van der Waals surface area (Å²) >= 11 is 0. The molecule has 1 aliphatic rings. The van der Waals surface area contributed by atoms with Gasteiger partial charge in [0, 0.05) is 37.6 Å². The molecule has 0 unspecified atom stereocenters. The maximum Gasteiger partial charge on any atom is 0.259 e. The molecule has 1 aliphatic heterocycles. The van der Waals surface area contributed by atoms with Crippen molar-refractivity contribution in [3.63, 3.8) is 0 Å². The van der Waals surface area contributed by atoms with Crippen LogP contribution < -0.4 is 15.5 Å². The molecule has 24 heavy (non-hydrogen) atoms. The smallest absolute Gasteiger partial charge is 0.259 e. The van der Waals surface area contributed by atoms with E-state index in [0.29, 0.717) is 16.8 Å². The molecule has 2 N–H and O–H groups in total. The van der Waals surface area contributed by atoms with Gasteiger partial charge in [-0.05, 0) is 49.2 Å². The number of carbonyl (C=O) groups excluding carboxylic acids is 2. The number of benzene rings is 1. The summed E-state index contributed by atoms with van der Waals surface area (Å²) in [6, 6.07) is 10.3. The number of nitrogens with zero attached hydrogens (tertiary/aromatic N) is 2. The van der Waals surface area contributed by atoms with Crippen molar-refractivity contribution in [1.29, 1.82) is 0 Å². The van der Waals surface area contributed by atoms with E-state index in [1.165, 1.54) is 0 Å². The Kier molecular flexibility index (Phi) is 4.74. The van der Waals surface area contributed by atoms with Gasteiger partial charge in [0.25, 0.3) is 11.8 Å². The first kappa shape index (κ1) is 16.0. The van der Waals surface area contributed by atoms with Crippen molar-refractivity contribution in [1.82, 2.24) is 10.3 Å². The lowest BCUT2D eigenvalue weighted by Gasteiger charge is -2.19. The monoisotopic (exact) mass is 324 g/mol. The highest BCUT2D eigenvalue weighted by Gasteiger charge is 2.20. The molecule has 2 heterocycles. The van der Waals surface area contributed by atoms with E-state index in [9.17, 15) is 9.59 Å². The second kappa shape index (κ2) is 7.12. The SMILES string of the molecule is CNC(=O)c1ccc(NC(=O)c2cccnc2N2CCCC2)cc1. The number of hydrogen-bond donors (Lipinski definition) is 2. The van der Waals surface area contributed by atoms with Crippen LogP contribution in [0.25, 0.3) is 0 Å². The van der Waals surface area contributed by atoms with Gasteiger partial charge in [-0.15, -0.1) is 0 Å². The molecule has 0 aliphatic carbocycles. The van der Waals surface area contributed by atoms with Crippen molar-refractivity contribution in [2.75, 3.05) is 30.4 Å². The summed E-state index contributed by atoms with van der Waals surface area (Å²) < 4.78 is 0. The zero-order valence-electron chi connectivity index (χ0n) is 13.6. The van der Waals surface area contributed by atoms with Gasteiger partial charge < -0.3 is 15.5 Å². The normalized spacial score (nSPS) is 13.6. The Balaban J connectivity index is 1.76. The maximum absolute atomic E-state index is 12.6. The summed E-state index contributed by atoms with van der Waals surface area (Å²) in [7, 11) is 1.58. The molecule has 0 saturated carbocycles. The van der Waals surface area contributed by atoms with E-state index in [0.717, 1.165) is 31.7 Å². The van der Waals surface area contributed by atoms with Crippen molar-refractivity contribution in [3.05, 3.63) is 53.7 Å². The van der Waals surface area contributed by atoms with Gasteiger partial charge >= 0.3 is 0 Å². The van der Waals surface area contributed by atoms with Gasteiger partial charge in [0.05, 0.1) is 5.56 Å². The van der Waals surface area contributed by atoms with E-state index in [1.54, 1.807) is 49.6 Å².